The highest BCUT2D eigenvalue weighted by atomic mass is 35.5. The smallest absolute Gasteiger partial charge is 0.323 e. The van der Waals surface area contributed by atoms with Gasteiger partial charge in [0.1, 0.15) is 5.69 Å². The maximum atomic E-state index is 11.4. The van der Waals surface area contributed by atoms with Crippen molar-refractivity contribution >= 4 is 34.0 Å². The number of piperazine rings is 1. The quantitative estimate of drug-likeness (QED) is 0.613. The molecule has 1 aliphatic rings. The molecule has 0 bridgehead atoms. The lowest BCUT2D eigenvalue weighted by molar-refractivity contribution is -0.382. The number of benzene rings is 1. The van der Waals surface area contributed by atoms with Gasteiger partial charge >= 0.3 is 5.69 Å². The van der Waals surface area contributed by atoms with Crippen LogP contribution in [0, 0.1) is 10.1 Å². The number of nitro benzene ring substituents is 1. The number of nitrogens with zero attached hydrogens (tertiary/aromatic N) is 5. The fourth-order valence-electron chi connectivity index (χ4n) is 2.35. The number of halogens is 1. The molecule has 2 heterocycles. The Balaban J connectivity index is 2.14. The summed E-state index contributed by atoms with van der Waals surface area (Å²) >= 11 is 6.11. The first-order chi connectivity index (χ1) is 9.58. The van der Waals surface area contributed by atoms with E-state index in [9.17, 15) is 10.1 Å². The summed E-state index contributed by atoms with van der Waals surface area (Å²) < 4.78 is 4.58. The van der Waals surface area contributed by atoms with Gasteiger partial charge in [0.2, 0.25) is 5.52 Å². The molecule has 1 aliphatic heterocycles. The zero-order chi connectivity index (χ0) is 14.3. The molecule has 3 rings (SSSR count). The molecule has 0 spiro atoms. The predicted molar refractivity (Wildman–Crippen MR) is 73.2 cm³/mol. The van der Waals surface area contributed by atoms with E-state index >= 15 is 0 Å². The second-order valence-electron chi connectivity index (χ2n) is 4.73. The summed E-state index contributed by atoms with van der Waals surface area (Å²) in [7, 11) is 2.02. The lowest BCUT2D eigenvalue weighted by Gasteiger charge is -2.33. The second kappa shape index (κ2) is 4.88. The Morgan fingerprint density at radius 3 is 2.60 bits per heavy atom. The van der Waals surface area contributed by atoms with Crippen molar-refractivity contribution in [1.82, 2.24) is 15.2 Å². The summed E-state index contributed by atoms with van der Waals surface area (Å²) in [6.45, 7) is 3.07. The van der Waals surface area contributed by atoms with Crippen LogP contribution in [0.3, 0.4) is 0 Å². The Kier molecular flexibility index (Phi) is 3.19. The number of hydrogen-bond acceptors (Lipinski definition) is 7. The fourth-order valence-corrected chi connectivity index (χ4v) is 2.57. The SMILES string of the molecule is CN1CCN(c2cc(Cl)c3nonc3c2[N+](=O)[O-])CC1. The molecule has 20 heavy (non-hydrogen) atoms. The normalized spacial score (nSPS) is 16.8. The highest BCUT2D eigenvalue weighted by Crippen LogP contribution is 2.38. The highest BCUT2D eigenvalue weighted by molar-refractivity contribution is 6.35. The first kappa shape index (κ1) is 13.1. The summed E-state index contributed by atoms with van der Waals surface area (Å²) in [6.07, 6.45) is 0. The summed E-state index contributed by atoms with van der Waals surface area (Å²) in [6, 6.07) is 1.57. The van der Waals surface area contributed by atoms with Crippen molar-refractivity contribution in [3.8, 4) is 0 Å². The first-order valence-corrected chi connectivity index (χ1v) is 6.48. The van der Waals surface area contributed by atoms with Crippen LogP contribution >= 0.6 is 11.6 Å². The summed E-state index contributed by atoms with van der Waals surface area (Å²) in [5.41, 5.74) is 0.680. The van der Waals surface area contributed by atoms with E-state index in [0.717, 1.165) is 13.1 Å². The molecule has 106 valence electrons. The number of aromatic nitrogens is 2. The van der Waals surface area contributed by atoms with Gasteiger partial charge in [-0.05, 0) is 23.4 Å². The molecule has 1 aromatic carbocycles. The number of likely N-dealkylation sites (N-methyl/N-ethyl adjacent to an activating group) is 1. The number of nitro groups is 1. The van der Waals surface area contributed by atoms with Crippen LogP contribution in [-0.4, -0.2) is 53.4 Å². The van der Waals surface area contributed by atoms with Crippen LogP contribution in [0.4, 0.5) is 11.4 Å². The van der Waals surface area contributed by atoms with E-state index in [1.54, 1.807) is 6.07 Å². The van der Waals surface area contributed by atoms with E-state index in [0.29, 0.717) is 23.8 Å². The van der Waals surface area contributed by atoms with Gasteiger partial charge in [-0.25, -0.2) is 4.63 Å². The van der Waals surface area contributed by atoms with E-state index in [2.05, 4.69) is 19.8 Å². The fraction of sp³-hybridized carbons (Fsp3) is 0.455. The molecule has 1 fully saturated rings. The molecule has 0 amide bonds. The Morgan fingerprint density at radius 2 is 1.95 bits per heavy atom. The van der Waals surface area contributed by atoms with Gasteiger partial charge in [0.05, 0.1) is 9.95 Å². The van der Waals surface area contributed by atoms with Gasteiger partial charge in [0.25, 0.3) is 0 Å². The van der Waals surface area contributed by atoms with Gasteiger partial charge in [-0.1, -0.05) is 11.6 Å². The van der Waals surface area contributed by atoms with Gasteiger partial charge in [0.15, 0.2) is 5.52 Å². The van der Waals surface area contributed by atoms with Crippen molar-refractivity contribution in [1.29, 1.82) is 0 Å². The molecule has 0 unspecified atom stereocenters. The zero-order valence-electron chi connectivity index (χ0n) is 10.7. The van der Waals surface area contributed by atoms with E-state index in [4.69, 9.17) is 11.6 Å². The van der Waals surface area contributed by atoms with E-state index in [1.807, 2.05) is 11.9 Å². The van der Waals surface area contributed by atoms with Gasteiger partial charge < -0.3 is 9.80 Å². The largest absolute Gasteiger partial charge is 0.363 e. The lowest BCUT2D eigenvalue weighted by Crippen LogP contribution is -2.44. The van der Waals surface area contributed by atoms with Gasteiger partial charge in [-0.15, -0.1) is 0 Å². The minimum atomic E-state index is -0.462. The number of fused-ring (bicyclic) bond motifs is 1. The molecule has 0 atom stereocenters. The third kappa shape index (κ3) is 2.06. The summed E-state index contributed by atoms with van der Waals surface area (Å²) in [5, 5.41) is 18.9. The highest BCUT2D eigenvalue weighted by Gasteiger charge is 2.29. The zero-order valence-corrected chi connectivity index (χ0v) is 11.5. The molecule has 1 aromatic heterocycles. The summed E-state index contributed by atoms with van der Waals surface area (Å²) in [4.78, 5) is 15.0. The third-order valence-corrected chi connectivity index (χ3v) is 3.76. The van der Waals surface area contributed by atoms with Crippen LogP contribution in [0.15, 0.2) is 10.7 Å². The van der Waals surface area contributed by atoms with Crippen LogP contribution in [-0.2, 0) is 0 Å². The van der Waals surface area contributed by atoms with Crippen LogP contribution in [0.25, 0.3) is 11.0 Å². The molecular formula is C11H12ClN5O3. The molecule has 0 radical (unpaired) electrons. The Hall–Kier alpha value is -1.93. The summed E-state index contributed by atoms with van der Waals surface area (Å²) in [5.74, 6) is 0. The number of hydrogen-bond donors (Lipinski definition) is 0. The maximum Gasteiger partial charge on any atom is 0.323 e. The molecule has 0 N–H and O–H groups in total. The number of anilines is 1. The minimum Gasteiger partial charge on any atom is -0.363 e. The van der Waals surface area contributed by atoms with Crippen molar-refractivity contribution in [2.75, 3.05) is 38.1 Å². The monoisotopic (exact) mass is 297 g/mol. The van der Waals surface area contributed by atoms with Gasteiger partial charge in [-0.3, -0.25) is 10.1 Å². The van der Waals surface area contributed by atoms with Crippen molar-refractivity contribution in [2.45, 2.75) is 0 Å². The van der Waals surface area contributed by atoms with E-state index in [1.165, 1.54) is 0 Å². The second-order valence-corrected chi connectivity index (χ2v) is 5.14. The van der Waals surface area contributed by atoms with Crippen LogP contribution < -0.4 is 4.90 Å². The van der Waals surface area contributed by atoms with Crippen LogP contribution in [0.1, 0.15) is 0 Å². The minimum absolute atomic E-state index is 0.0939. The Morgan fingerprint density at radius 1 is 1.30 bits per heavy atom. The lowest BCUT2D eigenvalue weighted by atomic mass is 10.2. The van der Waals surface area contributed by atoms with Gasteiger partial charge in [0, 0.05) is 26.2 Å². The van der Waals surface area contributed by atoms with E-state index < -0.39 is 4.92 Å². The average molecular weight is 298 g/mol. The molecular weight excluding hydrogens is 286 g/mol. The van der Waals surface area contributed by atoms with Crippen molar-refractivity contribution in [2.24, 2.45) is 0 Å². The van der Waals surface area contributed by atoms with Crippen LogP contribution in [0.2, 0.25) is 5.02 Å². The molecule has 0 aliphatic carbocycles. The first-order valence-electron chi connectivity index (χ1n) is 6.10. The molecule has 1 saturated heterocycles. The number of rotatable bonds is 2. The molecule has 2 aromatic rings. The van der Waals surface area contributed by atoms with Crippen molar-refractivity contribution in [3.05, 3.63) is 21.2 Å². The Bertz CT molecular complexity index is 665. The molecule has 8 nitrogen and oxygen atoms in total. The van der Waals surface area contributed by atoms with Crippen molar-refractivity contribution in [3.63, 3.8) is 0 Å². The third-order valence-electron chi connectivity index (χ3n) is 3.47. The maximum absolute atomic E-state index is 11.4. The van der Waals surface area contributed by atoms with Crippen LogP contribution in [0.5, 0.6) is 0 Å². The molecule has 9 heteroatoms. The van der Waals surface area contributed by atoms with Crippen molar-refractivity contribution < 1.29 is 9.55 Å². The standard InChI is InChI=1S/C11H12ClN5O3/c1-15-2-4-16(5-3-15)8-6-7(12)9-10(14-20-13-9)11(8)17(18)19/h6H,2-5H2,1H3. The van der Waals surface area contributed by atoms with Gasteiger partial charge in [-0.2, -0.15) is 0 Å². The molecule has 0 saturated carbocycles. The predicted octanol–water partition coefficient (Wildman–Crippen LogP) is 1.54. The average Bonchev–Trinajstić information content (AvgIpc) is 2.88. The topological polar surface area (TPSA) is 88.5 Å². The Labute approximate surface area is 119 Å². The van der Waals surface area contributed by atoms with E-state index in [-0.39, 0.29) is 16.7 Å².